The molecule has 0 aromatic carbocycles. The van der Waals surface area contributed by atoms with Crippen molar-refractivity contribution in [3.05, 3.63) is 23.6 Å². The predicted octanol–water partition coefficient (Wildman–Crippen LogP) is 0.659. The van der Waals surface area contributed by atoms with Crippen molar-refractivity contribution < 1.29 is 14.7 Å². The van der Waals surface area contributed by atoms with Gasteiger partial charge in [-0.15, -0.1) is 0 Å². The molecule has 5 heteroatoms. The standard InChI is InChI=1S/C9H13NO3.CH5N/c1-10(12)8-4-2-3-5-9(8)13-7-6-11;1-2/h4-6,12H,2-3,7H2,1H3;2H2,1H3. The molecular weight excluding hydrogens is 196 g/mol. The van der Waals surface area contributed by atoms with Gasteiger partial charge in [0.1, 0.15) is 18.1 Å². The lowest BCUT2D eigenvalue weighted by molar-refractivity contribution is -0.111. The minimum atomic E-state index is 0.0248. The summed E-state index contributed by atoms with van der Waals surface area (Å²) >= 11 is 0. The third-order valence-corrected chi connectivity index (χ3v) is 1.74. The Morgan fingerprint density at radius 2 is 2.13 bits per heavy atom. The SMILES string of the molecule is CN.CN(O)C1=CCCC=C1OCC=O. The molecule has 5 nitrogen and oxygen atoms in total. The van der Waals surface area contributed by atoms with Crippen LogP contribution in [0.5, 0.6) is 0 Å². The maximum atomic E-state index is 10.1. The van der Waals surface area contributed by atoms with Gasteiger partial charge in [-0.3, -0.25) is 15.1 Å². The van der Waals surface area contributed by atoms with Crippen molar-refractivity contribution in [1.29, 1.82) is 0 Å². The van der Waals surface area contributed by atoms with Gasteiger partial charge < -0.3 is 10.5 Å². The number of aldehydes is 1. The largest absolute Gasteiger partial charge is 0.484 e. The molecule has 0 saturated heterocycles. The van der Waals surface area contributed by atoms with Gasteiger partial charge in [0.25, 0.3) is 0 Å². The fourth-order valence-electron chi connectivity index (χ4n) is 1.19. The molecule has 0 heterocycles. The van der Waals surface area contributed by atoms with Crippen molar-refractivity contribution in [2.24, 2.45) is 5.73 Å². The topological polar surface area (TPSA) is 75.8 Å². The molecule has 0 aromatic heterocycles. The van der Waals surface area contributed by atoms with Gasteiger partial charge in [0.05, 0.1) is 0 Å². The van der Waals surface area contributed by atoms with Crippen LogP contribution >= 0.6 is 0 Å². The van der Waals surface area contributed by atoms with Crippen molar-refractivity contribution in [1.82, 2.24) is 5.06 Å². The normalized spacial score (nSPS) is 14.1. The van der Waals surface area contributed by atoms with E-state index >= 15 is 0 Å². The van der Waals surface area contributed by atoms with E-state index in [9.17, 15) is 10.0 Å². The van der Waals surface area contributed by atoms with Gasteiger partial charge in [0.15, 0.2) is 6.29 Å². The van der Waals surface area contributed by atoms with Crippen LogP contribution in [0.3, 0.4) is 0 Å². The van der Waals surface area contributed by atoms with Gasteiger partial charge in [0.2, 0.25) is 0 Å². The third-order valence-electron chi connectivity index (χ3n) is 1.74. The van der Waals surface area contributed by atoms with Gasteiger partial charge in [-0.2, -0.15) is 0 Å². The first kappa shape index (κ1) is 13.7. The number of rotatable bonds is 4. The van der Waals surface area contributed by atoms with E-state index in [1.165, 1.54) is 14.1 Å². The molecule has 0 aliphatic heterocycles. The fraction of sp³-hybridized carbons (Fsp3) is 0.500. The molecule has 86 valence electrons. The first-order valence-electron chi connectivity index (χ1n) is 4.73. The second-order valence-electron chi connectivity index (χ2n) is 2.74. The molecule has 0 radical (unpaired) electrons. The molecule has 0 saturated carbocycles. The highest BCUT2D eigenvalue weighted by Gasteiger charge is 2.12. The summed E-state index contributed by atoms with van der Waals surface area (Å²) in [6, 6.07) is 0. The van der Waals surface area contributed by atoms with Crippen molar-refractivity contribution in [3.63, 3.8) is 0 Å². The quantitative estimate of drug-likeness (QED) is 0.531. The smallest absolute Gasteiger partial charge is 0.157 e. The number of likely N-dealkylation sites (N-methyl/N-ethyl adjacent to an activating group) is 1. The minimum Gasteiger partial charge on any atom is -0.484 e. The first-order chi connectivity index (χ1) is 7.25. The molecular formula is C10H18N2O3. The number of nitrogens with zero attached hydrogens (tertiary/aromatic N) is 1. The van der Waals surface area contributed by atoms with Crippen molar-refractivity contribution in [3.8, 4) is 0 Å². The van der Waals surface area contributed by atoms with E-state index in [-0.39, 0.29) is 6.61 Å². The van der Waals surface area contributed by atoms with E-state index in [0.29, 0.717) is 17.7 Å². The van der Waals surface area contributed by atoms with Crippen LogP contribution in [-0.2, 0) is 9.53 Å². The number of hydroxylamine groups is 2. The van der Waals surface area contributed by atoms with E-state index in [1.807, 2.05) is 12.2 Å². The Morgan fingerprint density at radius 3 is 2.67 bits per heavy atom. The van der Waals surface area contributed by atoms with E-state index in [4.69, 9.17) is 4.74 Å². The Labute approximate surface area is 89.8 Å². The van der Waals surface area contributed by atoms with Crippen molar-refractivity contribution in [2.75, 3.05) is 20.7 Å². The summed E-state index contributed by atoms with van der Waals surface area (Å²) in [6.07, 6.45) is 6.19. The lowest BCUT2D eigenvalue weighted by atomic mass is 10.1. The van der Waals surface area contributed by atoms with Crippen LogP contribution in [0.2, 0.25) is 0 Å². The molecule has 0 unspecified atom stereocenters. The summed E-state index contributed by atoms with van der Waals surface area (Å²) < 4.78 is 5.13. The third kappa shape index (κ3) is 4.62. The summed E-state index contributed by atoms with van der Waals surface area (Å²) in [6.45, 7) is 0.0248. The van der Waals surface area contributed by atoms with E-state index < -0.39 is 0 Å². The monoisotopic (exact) mass is 214 g/mol. The summed E-state index contributed by atoms with van der Waals surface area (Å²) in [4.78, 5) is 10.1. The fourth-order valence-corrected chi connectivity index (χ4v) is 1.19. The van der Waals surface area contributed by atoms with Crippen LogP contribution in [0.15, 0.2) is 23.6 Å². The van der Waals surface area contributed by atoms with Crippen molar-refractivity contribution >= 4 is 6.29 Å². The maximum Gasteiger partial charge on any atom is 0.157 e. The highest BCUT2D eigenvalue weighted by molar-refractivity contribution is 5.51. The van der Waals surface area contributed by atoms with E-state index in [1.54, 1.807) is 0 Å². The lowest BCUT2D eigenvalue weighted by Crippen LogP contribution is -2.17. The number of nitrogens with two attached hydrogens (primary N) is 1. The Balaban J connectivity index is 0.000000921. The minimum absolute atomic E-state index is 0.0248. The van der Waals surface area contributed by atoms with Crippen LogP contribution < -0.4 is 5.73 Å². The molecule has 0 fully saturated rings. The second kappa shape index (κ2) is 8.02. The number of allylic oxidation sites excluding steroid dienone is 2. The Morgan fingerprint density at radius 1 is 1.53 bits per heavy atom. The maximum absolute atomic E-state index is 10.1. The lowest BCUT2D eigenvalue weighted by Gasteiger charge is -2.20. The highest BCUT2D eigenvalue weighted by atomic mass is 16.5. The van der Waals surface area contributed by atoms with Gasteiger partial charge in [-0.25, -0.2) is 0 Å². The summed E-state index contributed by atoms with van der Waals surface area (Å²) in [5.74, 6) is 0.573. The molecule has 1 rings (SSSR count). The summed E-state index contributed by atoms with van der Waals surface area (Å²) in [5, 5.41) is 10.2. The van der Waals surface area contributed by atoms with Gasteiger partial charge in [-0.1, -0.05) is 6.08 Å². The molecule has 1 aliphatic carbocycles. The van der Waals surface area contributed by atoms with Crippen LogP contribution in [0.4, 0.5) is 0 Å². The van der Waals surface area contributed by atoms with E-state index in [0.717, 1.165) is 17.9 Å². The highest BCUT2D eigenvalue weighted by Crippen LogP contribution is 2.20. The molecule has 0 aromatic rings. The Hall–Kier alpha value is -1.33. The predicted molar refractivity (Wildman–Crippen MR) is 57.1 cm³/mol. The second-order valence-corrected chi connectivity index (χ2v) is 2.74. The van der Waals surface area contributed by atoms with Crippen LogP contribution in [-0.4, -0.2) is 37.3 Å². The average molecular weight is 214 g/mol. The van der Waals surface area contributed by atoms with Gasteiger partial charge in [-0.05, 0) is 26.0 Å². The number of carbonyl (C=O) groups excluding carboxylic acids is 1. The summed E-state index contributed by atoms with van der Waals surface area (Å²) in [5.41, 5.74) is 5.12. The van der Waals surface area contributed by atoms with Crippen LogP contribution in [0, 0.1) is 0 Å². The molecule has 0 atom stereocenters. The average Bonchev–Trinajstić information content (AvgIpc) is 2.29. The molecule has 0 spiro atoms. The van der Waals surface area contributed by atoms with Gasteiger partial charge >= 0.3 is 0 Å². The molecule has 0 amide bonds. The van der Waals surface area contributed by atoms with Crippen LogP contribution in [0.1, 0.15) is 12.8 Å². The van der Waals surface area contributed by atoms with E-state index in [2.05, 4.69) is 5.73 Å². The summed E-state index contributed by atoms with van der Waals surface area (Å²) in [7, 11) is 3.02. The molecule has 3 N–H and O–H groups in total. The van der Waals surface area contributed by atoms with Crippen LogP contribution in [0.25, 0.3) is 0 Å². The Bertz CT molecular complexity index is 247. The molecule has 15 heavy (non-hydrogen) atoms. The van der Waals surface area contributed by atoms with Gasteiger partial charge in [0, 0.05) is 7.05 Å². The number of hydrogen-bond acceptors (Lipinski definition) is 5. The zero-order valence-electron chi connectivity index (χ0n) is 9.14. The molecule has 1 aliphatic rings. The number of ether oxygens (including phenoxy) is 1. The zero-order valence-corrected chi connectivity index (χ0v) is 9.14. The first-order valence-corrected chi connectivity index (χ1v) is 4.73. The van der Waals surface area contributed by atoms with Crippen molar-refractivity contribution in [2.45, 2.75) is 12.8 Å². The number of carbonyl (C=O) groups is 1. The zero-order chi connectivity index (χ0) is 11.7. The molecule has 0 bridgehead atoms. The number of hydrogen-bond donors (Lipinski definition) is 2. The Kier molecular flexibility index (Phi) is 7.31.